The molecule has 4 rings (SSSR count). The summed E-state index contributed by atoms with van der Waals surface area (Å²) < 4.78 is 45.1. The van der Waals surface area contributed by atoms with Gasteiger partial charge in [0.05, 0.1) is 32.2 Å². The van der Waals surface area contributed by atoms with E-state index in [1.807, 2.05) is 20.8 Å². The number of nitrogens with zero attached hydrogens (tertiary/aromatic N) is 4. The van der Waals surface area contributed by atoms with Gasteiger partial charge >= 0.3 is 7.60 Å². The lowest BCUT2D eigenvalue weighted by Crippen LogP contribution is -2.19. The average molecular weight is 528 g/mol. The monoisotopic (exact) mass is 527 g/mol. The highest BCUT2D eigenvalue weighted by atomic mass is 31.2. The van der Waals surface area contributed by atoms with Crippen molar-refractivity contribution in [3.8, 4) is 23.0 Å². The number of ether oxygens (including phenoxy) is 3. The zero-order chi connectivity index (χ0) is 26.3. The molecule has 0 radical (unpaired) electrons. The minimum Gasteiger partial charge on any atom is -0.490 e. The minimum atomic E-state index is -3.92. The van der Waals surface area contributed by atoms with Gasteiger partial charge < -0.3 is 33.6 Å². The predicted molar refractivity (Wildman–Crippen MR) is 139 cm³/mol. The predicted octanol–water partition coefficient (Wildman–Crippen LogP) is 4.92. The molecule has 0 fully saturated rings. The van der Waals surface area contributed by atoms with Crippen molar-refractivity contribution in [2.75, 3.05) is 25.3 Å². The van der Waals surface area contributed by atoms with Crippen molar-refractivity contribution < 1.29 is 27.8 Å². The topological polar surface area (TPSA) is 133 Å². The van der Waals surface area contributed by atoms with Gasteiger partial charge in [0.1, 0.15) is 11.8 Å². The maximum Gasteiger partial charge on any atom is 0.456 e. The summed E-state index contributed by atoms with van der Waals surface area (Å²) in [5.74, 6) is 1.75. The molecule has 0 spiro atoms. The van der Waals surface area contributed by atoms with Crippen molar-refractivity contribution >= 4 is 24.6 Å². The van der Waals surface area contributed by atoms with Crippen LogP contribution in [0.25, 0.3) is 11.2 Å². The van der Waals surface area contributed by atoms with E-state index in [1.54, 1.807) is 59.4 Å². The first-order valence-electron chi connectivity index (χ1n) is 11.9. The van der Waals surface area contributed by atoms with Crippen LogP contribution in [0, 0.1) is 0 Å². The molecular formula is C25H30N5O6P. The lowest BCUT2D eigenvalue weighted by Gasteiger charge is -2.24. The highest BCUT2D eigenvalue weighted by molar-refractivity contribution is 7.54. The van der Waals surface area contributed by atoms with E-state index in [0.29, 0.717) is 48.2 Å². The van der Waals surface area contributed by atoms with E-state index in [9.17, 15) is 4.57 Å². The fraction of sp³-hybridized carbons (Fsp3) is 0.320. The van der Waals surface area contributed by atoms with Crippen LogP contribution in [0.1, 0.15) is 20.8 Å². The zero-order valence-electron chi connectivity index (χ0n) is 20.9. The average Bonchev–Trinajstić information content (AvgIpc) is 3.29. The number of hydrogen-bond donors (Lipinski definition) is 1. The lowest BCUT2D eigenvalue weighted by atomic mass is 10.3. The molecule has 12 heteroatoms. The molecule has 0 saturated heterocycles. The quantitative estimate of drug-likeness (QED) is 0.239. The van der Waals surface area contributed by atoms with Gasteiger partial charge in [-0.25, -0.2) is 19.5 Å². The molecule has 2 heterocycles. The Bertz CT molecular complexity index is 1330. The third-order valence-electron chi connectivity index (χ3n) is 5.17. The van der Waals surface area contributed by atoms with Gasteiger partial charge in [0.2, 0.25) is 0 Å². The second-order valence-corrected chi connectivity index (χ2v) is 9.83. The number of rotatable bonds is 13. The Kier molecular flexibility index (Phi) is 8.47. The molecule has 196 valence electrons. The van der Waals surface area contributed by atoms with Crippen molar-refractivity contribution in [1.29, 1.82) is 0 Å². The number of fused-ring (bicyclic) bond motifs is 1. The highest BCUT2D eigenvalue weighted by Crippen LogP contribution is 2.52. The Labute approximate surface area is 215 Å². The highest BCUT2D eigenvalue weighted by Gasteiger charge is 2.32. The van der Waals surface area contributed by atoms with Gasteiger partial charge in [0.15, 0.2) is 40.8 Å². The van der Waals surface area contributed by atoms with Gasteiger partial charge in [-0.05, 0) is 45.0 Å². The third kappa shape index (κ3) is 6.49. The second-order valence-electron chi connectivity index (χ2n) is 7.99. The molecule has 0 saturated carbocycles. The molecule has 0 aliphatic heterocycles. The van der Waals surface area contributed by atoms with E-state index in [-0.39, 0.29) is 17.8 Å². The molecule has 0 bridgehead atoms. The van der Waals surface area contributed by atoms with Crippen LogP contribution in [0.4, 0.5) is 5.82 Å². The summed E-state index contributed by atoms with van der Waals surface area (Å²) in [5.41, 5.74) is 6.97. The first-order chi connectivity index (χ1) is 17.9. The first-order valence-corrected chi connectivity index (χ1v) is 13.6. The molecule has 1 atom stereocenters. The minimum absolute atomic E-state index is 0.283. The number of nitrogens with two attached hydrogens (primary N) is 1. The van der Waals surface area contributed by atoms with E-state index < -0.39 is 13.7 Å². The smallest absolute Gasteiger partial charge is 0.456 e. The fourth-order valence-electron chi connectivity index (χ4n) is 3.55. The molecular weight excluding hydrogens is 497 g/mol. The Morgan fingerprint density at radius 3 is 2.03 bits per heavy atom. The molecule has 0 unspecified atom stereocenters. The van der Waals surface area contributed by atoms with Crippen LogP contribution in [-0.4, -0.2) is 45.2 Å². The molecule has 2 N–H and O–H groups in total. The normalized spacial score (nSPS) is 12.3. The molecule has 2 aromatic carbocycles. The summed E-state index contributed by atoms with van der Waals surface area (Å²) in [6, 6.07) is 13.9. The summed E-state index contributed by atoms with van der Waals surface area (Å²) in [7, 11) is -3.92. The molecule has 4 aromatic rings. The summed E-state index contributed by atoms with van der Waals surface area (Å²) in [6.45, 7) is 6.75. The van der Waals surface area contributed by atoms with Gasteiger partial charge in [-0.1, -0.05) is 24.3 Å². The number of nitrogen functional groups attached to an aromatic ring is 1. The van der Waals surface area contributed by atoms with Crippen molar-refractivity contribution in [1.82, 2.24) is 19.5 Å². The van der Waals surface area contributed by atoms with Crippen LogP contribution < -0.4 is 24.3 Å². The van der Waals surface area contributed by atoms with E-state index in [2.05, 4.69) is 15.0 Å². The van der Waals surface area contributed by atoms with Crippen molar-refractivity contribution in [2.24, 2.45) is 0 Å². The number of benzene rings is 2. The van der Waals surface area contributed by atoms with Gasteiger partial charge in [-0.15, -0.1) is 0 Å². The second kappa shape index (κ2) is 11.9. The van der Waals surface area contributed by atoms with Gasteiger partial charge in [-0.3, -0.25) is 0 Å². The first kappa shape index (κ1) is 26.2. The number of para-hydroxylation sites is 4. The summed E-state index contributed by atoms with van der Waals surface area (Å²) in [6.07, 6.45) is 2.25. The van der Waals surface area contributed by atoms with Gasteiger partial charge in [0.25, 0.3) is 0 Å². The van der Waals surface area contributed by atoms with Crippen LogP contribution in [0.5, 0.6) is 23.0 Å². The van der Waals surface area contributed by atoms with Crippen molar-refractivity contribution in [3.63, 3.8) is 0 Å². The van der Waals surface area contributed by atoms with Crippen LogP contribution in [-0.2, 0) is 15.8 Å². The Morgan fingerprint density at radius 1 is 0.892 bits per heavy atom. The summed E-state index contributed by atoms with van der Waals surface area (Å²) in [5, 5.41) is 0. The van der Waals surface area contributed by atoms with Gasteiger partial charge in [0, 0.05) is 0 Å². The SMILES string of the molecule is CCOc1ccccc1OP(=O)(CO[C@H](C)Cn1cnc2c(N)ncnc21)Oc1ccccc1OCC. The molecule has 2 aromatic heterocycles. The third-order valence-corrected chi connectivity index (χ3v) is 6.59. The van der Waals surface area contributed by atoms with Crippen LogP contribution in [0.15, 0.2) is 61.2 Å². The summed E-state index contributed by atoms with van der Waals surface area (Å²) in [4.78, 5) is 12.5. The number of imidazole rings is 1. The van der Waals surface area contributed by atoms with Gasteiger partial charge in [-0.2, -0.15) is 0 Å². The molecule has 11 nitrogen and oxygen atoms in total. The van der Waals surface area contributed by atoms with Crippen molar-refractivity contribution in [2.45, 2.75) is 33.4 Å². The summed E-state index contributed by atoms with van der Waals surface area (Å²) >= 11 is 0. The Morgan fingerprint density at radius 2 is 1.46 bits per heavy atom. The molecule has 0 aliphatic rings. The standard InChI is InChI=1S/C25H30N5O6P/c1-4-32-19-10-6-8-12-21(19)35-37(31,36-22-13-9-7-11-20(22)33-5-2)17-34-18(3)14-30-16-29-23-24(26)27-15-28-25(23)30/h6-13,15-16,18H,4-5,14,17H2,1-3H3,(H2,26,27,28)/t18-/m1/s1. The maximum absolute atomic E-state index is 14.1. The Balaban J connectivity index is 1.55. The van der Waals surface area contributed by atoms with E-state index in [4.69, 9.17) is 29.0 Å². The van der Waals surface area contributed by atoms with Crippen LogP contribution in [0.2, 0.25) is 0 Å². The lowest BCUT2D eigenvalue weighted by molar-refractivity contribution is 0.0778. The number of hydrogen-bond acceptors (Lipinski definition) is 10. The van der Waals surface area contributed by atoms with Crippen LogP contribution >= 0.6 is 7.60 Å². The maximum atomic E-state index is 14.1. The van der Waals surface area contributed by atoms with Crippen molar-refractivity contribution in [3.05, 3.63) is 61.2 Å². The Hall–Kier alpha value is -3.82. The van der Waals surface area contributed by atoms with Crippen LogP contribution in [0.3, 0.4) is 0 Å². The molecule has 0 amide bonds. The van der Waals surface area contributed by atoms with E-state index >= 15 is 0 Å². The molecule has 0 aliphatic carbocycles. The zero-order valence-corrected chi connectivity index (χ0v) is 21.8. The number of aromatic nitrogens is 4. The van der Waals surface area contributed by atoms with E-state index in [1.165, 1.54) is 6.33 Å². The van der Waals surface area contributed by atoms with E-state index in [0.717, 1.165) is 0 Å². The molecule has 37 heavy (non-hydrogen) atoms. The fourth-order valence-corrected chi connectivity index (χ4v) is 5.03. The number of anilines is 1. The largest absolute Gasteiger partial charge is 0.490 e.